The van der Waals surface area contributed by atoms with Crippen LogP contribution in [-0.2, 0) is 16.1 Å². The number of hydrogen-bond acceptors (Lipinski definition) is 3. The van der Waals surface area contributed by atoms with Gasteiger partial charge in [-0.25, -0.2) is 4.79 Å². The first-order valence-corrected chi connectivity index (χ1v) is 9.13. The fraction of sp³-hybridized carbons (Fsp3) is 0.217. The van der Waals surface area contributed by atoms with E-state index >= 15 is 0 Å². The van der Waals surface area contributed by atoms with Crippen LogP contribution < -0.4 is 0 Å². The van der Waals surface area contributed by atoms with E-state index in [1.807, 2.05) is 61.7 Å². The summed E-state index contributed by atoms with van der Waals surface area (Å²) in [6.45, 7) is 3.08. The minimum absolute atomic E-state index is 0.0220. The topological polar surface area (TPSA) is 55.0 Å². The first-order chi connectivity index (χ1) is 13.2. The van der Waals surface area contributed by atoms with Crippen LogP contribution in [0.2, 0.25) is 0 Å². The molecular formula is C23H22N2O2. The van der Waals surface area contributed by atoms with Gasteiger partial charge in [0.15, 0.2) is 0 Å². The third-order valence-electron chi connectivity index (χ3n) is 4.39. The number of benzene rings is 2. The first-order valence-electron chi connectivity index (χ1n) is 9.13. The lowest BCUT2D eigenvalue weighted by molar-refractivity contribution is -0.138. The van der Waals surface area contributed by atoms with E-state index in [-0.39, 0.29) is 5.57 Å². The number of rotatable bonds is 7. The van der Waals surface area contributed by atoms with Crippen LogP contribution in [0.3, 0.4) is 0 Å². The highest BCUT2D eigenvalue weighted by molar-refractivity contribution is 6.01. The van der Waals surface area contributed by atoms with Crippen LogP contribution in [0.15, 0.2) is 66.4 Å². The largest absolute Gasteiger partial charge is 0.462 e. The lowest BCUT2D eigenvalue weighted by Gasteiger charge is -2.05. The summed E-state index contributed by atoms with van der Waals surface area (Å²) in [5, 5.41) is 10.4. The van der Waals surface area contributed by atoms with Crippen LogP contribution in [0.4, 0.5) is 0 Å². The van der Waals surface area contributed by atoms with Gasteiger partial charge >= 0.3 is 5.97 Å². The maximum Gasteiger partial charge on any atom is 0.348 e. The summed E-state index contributed by atoms with van der Waals surface area (Å²) in [5.41, 5.74) is 3.11. The zero-order valence-electron chi connectivity index (χ0n) is 15.4. The molecule has 0 unspecified atom stereocenters. The van der Waals surface area contributed by atoms with Gasteiger partial charge in [0.05, 0.1) is 6.61 Å². The number of fused-ring (bicyclic) bond motifs is 1. The number of para-hydroxylation sites is 1. The minimum Gasteiger partial charge on any atom is -0.462 e. The van der Waals surface area contributed by atoms with Crippen LogP contribution >= 0.6 is 0 Å². The summed E-state index contributed by atoms with van der Waals surface area (Å²) in [4.78, 5) is 12.2. The van der Waals surface area contributed by atoms with Gasteiger partial charge in [-0.05, 0) is 24.1 Å². The monoisotopic (exact) mass is 358 g/mol. The number of nitrogens with zero attached hydrogens (tertiary/aromatic N) is 2. The normalized spacial score (nSPS) is 11.3. The summed E-state index contributed by atoms with van der Waals surface area (Å²) in [6, 6.07) is 20.2. The minimum atomic E-state index is -0.564. The summed E-state index contributed by atoms with van der Waals surface area (Å²) in [6.07, 6.45) is 5.33. The molecule has 0 saturated heterocycles. The van der Waals surface area contributed by atoms with Crippen molar-refractivity contribution >= 4 is 22.9 Å². The van der Waals surface area contributed by atoms with Crippen LogP contribution in [0.1, 0.15) is 30.9 Å². The van der Waals surface area contributed by atoms with Gasteiger partial charge in [-0.3, -0.25) is 0 Å². The molecule has 4 nitrogen and oxygen atoms in total. The Bertz CT molecular complexity index is 994. The smallest absolute Gasteiger partial charge is 0.348 e. The second kappa shape index (κ2) is 8.86. The molecule has 1 aromatic heterocycles. The maximum absolute atomic E-state index is 12.2. The molecule has 4 heteroatoms. The fourth-order valence-corrected chi connectivity index (χ4v) is 2.98. The van der Waals surface area contributed by atoms with Crippen LogP contribution in [-0.4, -0.2) is 17.1 Å². The predicted molar refractivity (Wildman–Crippen MR) is 107 cm³/mol. The molecule has 0 aliphatic heterocycles. The molecule has 136 valence electrons. The molecule has 0 spiro atoms. The summed E-state index contributed by atoms with van der Waals surface area (Å²) >= 11 is 0. The van der Waals surface area contributed by atoms with Crippen LogP contribution in [0, 0.1) is 11.3 Å². The number of carbonyl (C=O) groups excluding carboxylic acids is 1. The van der Waals surface area contributed by atoms with Crippen LogP contribution in [0.5, 0.6) is 0 Å². The molecule has 1 heterocycles. The van der Waals surface area contributed by atoms with E-state index in [9.17, 15) is 10.1 Å². The van der Waals surface area contributed by atoms with Gasteiger partial charge in [-0.2, -0.15) is 5.26 Å². The molecule has 0 aliphatic rings. The van der Waals surface area contributed by atoms with Gasteiger partial charge in [0.2, 0.25) is 0 Å². The van der Waals surface area contributed by atoms with Crippen molar-refractivity contribution in [1.29, 1.82) is 5.26 Å². The average molecular weight is 358 g/mol. The van der Waals surface area contributed by atoms with E-state index in [4.69, 9.17) is 4.74 Å². The molecule has 0 fully saturated rings. The Morgan fingerprint density at radius 2 is 1.89 bits per heavy atom. The number of hydrogen-bond donors (Lipinski definition) is 0. The Morgan fingerprint density at radius 3 is 2.63 bits per heavy atom. The van der Waals surface area contributed by atoms with E-state index in [1.165, 1.54) is 5.56 Å². The number of aromatic nitrogens is 1. The van der Waals surface area contributed by atoms with Gasteiger partial charge in [0.1, 0.15) is 11.6 Å². The highest BCUT2D eigenvalue weighted by Gasteiger charge is 2.13. The lowest BCUT2D eigenvalue weighted by atomic mass is 10.1. The molecule has 0 saturated carbocycles. The van der Waals surface area contributed by atoms with Crippen molar-refractivity contribution in [2.24, 2.45) is 0 Å². The van der Waals surface area contributed by atoms with E-state index in [1.54, 1.807) is 6.08 Å². The number of esters is 1. The Labute approximate surface area is 159 Å². The SMILES string of the molecule is CCCCOC(=O)C(C#N)=Cc1cn(Cc2ccccc2)c2ccccc12. The number of carbonyl (C=O) groups is 1. The molecule has 0 radical (unpaired) electrons. The summed E-state index contributed by atoms with van der Waals surface area (Å²) in [7, 11) is 0. The van der Waals surface area contributed by atoms with Gasteiger partial charge in [-0.1, -0.05) is 61.9 Å². The van der Waals surface area contributed by atoms with E-state index in [0.717, 1.165) is 35.9 Å². The molecule has 0 amide bonds. The average Bonchev–Trinajstić information content (AvgIpc) is 3.04. The molecule has 2 aromatic carbocycles. The van der Waals surface area contributed by atoms with Crippen molar-refractivity contribution in [2.45, 2.75) is 26.3 Å². The Hall–Kier alpha value is -3.32. The Morgan fingerprint density at radius 1 is 1.15 bits per heavy atom. The highest BCUT2D eigenvalue weighted by Crippen LogP contribution is 2.24. The predicted octanol–water partition coefficient (Wildman–Crippen LogP) is 4.94. The molecule has 0 atom stereocenters. The first kappa shape index (κ1) is 18.5. The molecule has 0 N–H and O–H groups in total. The molecule has 3 rings (SSSR count). The van der Waals surface area contributed by atoms with Crippen molar-refractivity contribution in [3.63, 3.8) is 0 Å². The van der Waals surface area contributed by atoms with Gasteiger partial charge < -0.3 is 9.30 Å². The summed E-state index contributed by atoms with van der Waals surface area (Å²) in [5.74, 6) is -0.564. The Kier molecular flexibility index (Phi) is 6.06. The van der Waals surface area contributed by atoms with Gasteiger partial charge in [0.25, 0.3) is 0 Å². The highest BCUT2D eigenvalue weighted by atomic mass is 16.5. The molecular weight excluding hydrogens is 336 g/mol. The van der Waals surface area contributed by atoms with Gasteiger partial charge in [0, 0.05) is 29.2 Å². The quantitative estimate of drug-likeness (QED) is 0.260. The summed E-state index contributed by atoms with van der Waals surface area (Å²) < 4.78 is 7.32. The van der Waals surface area contributed by atoms with Crippen molar-refractivity contribution in [1.82, 2.24) is 4.57 Å². The zero-order valence-corrected chi connectivity index (χ0v) is 15.4. The van der Waals surface area contributed by atoms with Crippen LogP contribution in [0.25, 0.3) is 17.0 Å². The molecule has 3 aromatic rings. The molecule has 0 aliphatic carbocycles. The zero-order chi connectivity index (χ0) is 19.1. The standard InChI is InChI=1S/C23H22N2O2/c1-2-3-13-27-23(26)19(15-24)14-20-17-25(16-18-9-5-4-6-10-18)22-12-8-7-11-21(20)22/h4-12,14,17H,2-3,13,16H2,1H3. The molecule has 0 bridgehead atoms. The fourth-order valence-electron chi connectivity index (χ4n) is 2.98. The number of nitriles is 1. The lowest BCUT2D eigenvalue weighted by Crippen LogP contribution is -2.07. The second-order valence-electron chi connectivity index (χ2n) is 6.37. The Balaban J connectivity index is 1.94. The van der Waals surface area contributed by atoms with E-state index < -0.39 is 5.97 Å². The third kappa shape index (κ3) is 4.45. The van der Waals surface area contributed by atoms with E-state index in [0.29, 0.717) is 6.61 Å². The van der Waals surface area contributed by atoms with Crippen molar-refractivity contribution in [3.8, 4) is 6.07 Å². The maximum atomic E-state index is 12.2. The van der Waals surface area contributed by atoms with Gasteiger partial charge in [-0.15, -0.1) is 0 Å². The number of unbranched alkanes of at least 4 members (excludes halogenated alkanes) is 1. The van der Waals surface area contributed by atoms with Crippen molar-refractivity contribution in [3.05, 3.63) is 77.5 Å². The third-order valence-corrected chi connectivity index (χ3v) is 4.39. The second-order valence-corrected chi connectivity index (χ2v) is 6.37. The number of ether oxygens (including phenoxy) is 1. The van der Waals surface area contributed by atoms with Crippen molar-refractivity contribution < 1.29 is 9.53 Å². The van der Waals surface area contributed by atoms with Crippen molar-refractivity contribution in [2.75, 3.05) is 6.61 Å². The van der Waals surface area contributed by atoms with E-state index in [2.05, 4.69) is 16.7 Å². The molecule has 27 heavy (non-hydrogen) atoms.